The molecular formula is C14H12FN3O3S2. The molecule has 1 aromatic carbocycles. The highest BCUT2D eigenvalue weighted by atomic mass is 32.2. The van der Waals surface area contributed by atoms with Gasteiger partial charge in [-0.2, -0.15) is 10.3 Å². The SMILES string of the molecule is N#CCC(=O)N=C1S[C@@H]2CS(=O)(=O)C[C@H]2N1c1ccccc1F. The molecule has 6 nitrogen and oxygen atoms in total. The number of carbonyl (C=O) groups excluding carboxylic acids is 1. The van der Waals surface area contributed by atoms with E-state index >= 15 is 0 Å². The van der Waals surface area contributed by atoms with Crippen LogP contribution in [-0.4, -0.2) is 42.3 Å². The number of amides is 1. The van der Waals surface area contributed by atoms with Crippen LogP contribution >= 0.6 is 11.8 Å². The van der Waals surface area contributed by atoms with Crippen molar-refractivity contribution in [1.29, 1.82) is 5.26 Å². The van der Waals surface area contributed by atoms with Crippen molar-refractivity contribution in [3.8, 4) is 6.07 Å². The van der Waals surface area contributed by atoms with Gasteiger partial charge in [0, 0.05) is 5.25 Å². The second kappa shape index (κ2) is 5.94. The molecule has 0 radical (unpaired) electrons. The number of nitrogens with zero attached hydrogens (tertiary/aromatic N) is 3. The number of hydrogen-bond acceptors (Lipinski definition) is 5. The van der Waals surface area contributed by atoms with Crippen LogP contribution in [0.1, 0.15) is 6.42 Å². The summed E-state index contributed by atoms with van der Waals surface area (Å²) in [7, 11) is -3.20. The number of aliphatic imine (C=N–C) groups is 1. The standard InChI is InChI=1S/C14H12FN3O3S2/c15-9-3-1-2-4-10(9)18-11-7-23(20,21)8-12(11)22-14(18)17-13(19)5-6-16/h1-4,11-12H,5,7-8H2/t11-,12-/m1/s1. The van der Waals surface area contributed by atoms with E-state index in [-0.39, 0.29) is 34.0 Å². The summed E-state index contributed by atoms with van der Waals surface area (Å²) >= 11 is 1.15. The summed E-state index contributed by atoms with van der Waals surface area (Å²) in [6, 6.07) is 7.21. The zero-order valence-electron chi connectivity index (χ0n) is 11.8. The van der Waals surface area contributed by atoms with Gasteiger partial charge in [-0.05, 0) is 12.1 Å². The fourth-order valence-electron chi connectivity index (χ4n) is 2.71. The lowest BCUT2D eigenvalue weighted by molar-refractivity contribution is -0.116. The third-order valence-electron chi connectivity index (χ3n) is 3.63. The van der Waals surface area contributed by atoms with Crippen molar-refractivity contribution in [2.24, 2.45) is 4.99 Å². The first-order chi connectivity index (χ1) is 10.9. The van der Waals surface area contributed by atoms with Gasteiger partial charge >= 0.3 is 0 Å². The molecule has 23 heavy (non-hydrogen) atoms. The minimum absolute atomic E-state index is 0.0290. The number of sulfone groups is 1. The Morgan fingerprint density at radius 2 is 2.17 bits per heavy atom. The van der Waals surface area contributed by atoms with E-state index in [0.29, 0.717) is 0 Å². The lowest BCUT2D eigenvalue weighted by atomic mass is 10.2. The number of halogens is 1. The van der Waals surface area contributed by atoms with Crippen LogP contribution in [0, 0.1) is 17.1 Å². The number of nitriles is 1. The van der Waals surface area contributed by atoms with Crippen LogP contribution in [0.5, 0.6) is 0 Å². The molecule has 0 aromatic heterocycles. The summed E-state index contributed by atoms with van der Waals surface area (Å²) < 4.78 is 37.9. The van der Waals surface area contributed by atoms with Crippen molar-refractivity contribution < 1.29 is 17.6 Å². The predicted octanol–water partition coefficient (Wildman–Crippen LogP) is 1.34. The highest BCUT2D eigenvalue weighted by Gasteiger charge is 2.49. The van der Waals surface area contributed by atoms with Crippen LogP contribution in [0.2, 0.25) is 0 Å². The van der Waals surface area contributed by atoms with Crippen molar-refractivity contribution in [2.45, 2.75) is 17.7 Å². The van der Waals surface area contributed by atoms with Gasteiger partial charge in [0.25, 0.3) is 5.91 Å². The van der Waals surface area contributed by atoms with Crippen LogP contribution in [-0.2, 0) is 14.6 Å². The number of hydrogen-bond donors (Lipinski definition) is 0. The fraction of sp³-hybridized carbons (Fsp3) is 0.357. The molecule has 0 bridgehead atoms. The Labute approximate surface area is 136 Å². The van der Waals surface area contributed by atoms with E-state index in [0.717, 1.165) is 11.8 Å². The van der Waals surface area contributed by atoms with Gasteiger partial charge in [0.15, 0.2) is 15.0 Å². The predicted molar refractivity (Wildman–Crippen MR) is 85.4 cm³/mol. The van der Waals surface area contributed by atoms with Gasteiger partial charge in [-0.1, -0.05) is 23.9 Å². The molecule has 3 rings (SSSR count). The fourth-order valence-corrected chi connectivity index (χ4v) is 6.63. The monoisotopic (exact) mass is 353 g/mol. The molecule has 0 saturated carbocycles. The minimum atomic E-state index is -3.20. The van der Waals surface area contributed by atoms with Gasteiger partial charge in [-0.15, -0.1) is 0 Å². The second-order valence-corrected chi connectivity index (χ2v) is 8.61. The van der Waals surface area contributed by atoms with E-state index in [1.807, 2.05) is 0 Å². The van der Waals surface area contributed by atoms with E-state index < -0.39 is 27.6 Å². The molecule has 9 heteroatoms. The summed E-state index contributed by atoms with van der Waals surface area (Å²) in [5, 5.41) is 8.52. The first-order valence-corrected chi connectivity index (χ1v) is 9.51. The molecule has 120 valence electrons. The maximum Gasteiger partial charge on any atom is 0.262 e. The molecule has 2 atom stereocenters. The molecule has 0 spiro atoms. The van der Waals surface area contributed by atoms with E-state index in [4.69, 9.17) is 5.26 Å². The zero-order valence-corrected chi connectivity index (χ0v) is 13.5. The first-order valence-electron chi connectivity index (χ1n) is 6.80. The third-order valence-corrected chi connectivity index (χ3v) is 6.84. The maximum atomic E-state index is 14.2. The van der Waals surface area contributed by atoms with Gasteiger partial charge in [0.1, 0.15) is 12.2 Å². The molecule has 0 unspecified atom stereocenters. The molecule has 2 aliphatic rings. The van der Waals surface area contributed by atoms with Gasteiger partial charge in [0.05, 0.1) is 29.3 Å². The van der Waals surface area contributed by atoms with Gasteiger partial charge in [-0.25, -0.2) is 12.8 Å². The Bertz CT molecular complexity index is 832. The summed E-state index contributed by atoms with van der Waals surface area (Å²) in [4.78, 5) is 17.0. The lowest BCUT2D eigenvalue weighted by Gasteiger charge is -2.24. The molecule has 0 aliphatic carbocycles. The normalized spacial score (nSPS) is 27.0. The summed E-state index contributed by atoms with van der Waals surface area (Å²) in [5.41, 5.74) is 0.188. The average molecular weight is 353 g/mol. The van der Waals surface area contributed by atoms with Crippen LogP contribution in [0.25, 0.3) is 0 Å². The average Bonchev–Trinajstić information content (AvgIpc) is 2.91. The molecule has 1 amide bonds. The van der Waals surface area contributed by atoms with Crippen LogP contribution < -0.4 is 4.90 Å². The Morgan fingerprint density at radius 3 is 2.87 bits per heavy atom. The second-order valence-electron chi connectivity index (χ2n) is 5.24. The van der Waals surface area contributed by atoms with Gasteiger partial charge < -0.3 is 4.90 Å². The number of carbonyl (C=O) groups is 1. The topological polar surface area (TPSA) is 90.6 Å². The number of para-hydroxylation sites is 1. The highest BCUT2D eigenvalue weighted by Crippen LogP contribution is 2.41. The Balaban J connectivity index is 2.03. The number of amidine groups is 1. The summed E-state index contributed by atoms with van der Waals surface area (Å²) in [6.45, 7) is 0. The van der Waals surface area contributed by atoms with Crippen molar-refractivity contribution in [1.82, 2.24) is 0 Å². The number of fused-ring (bicyclic) bond motifs is 1. The van der Waals surface area contributed by atoms with Crippen LogP contribution in [0.3, 0.4) is 0 Å². The highest BCUT2D eigenvalue weighted by molar-refractivity contribution is 8.16. The smallest absolute Gasteiger partial charge is 0.262 e. The third kappa shape index (κ3) is 3.09. The van der Waals surface area contributed by atoms with Crippen LogP contribution in [0.15, 0.2) is 29.3 Å². The molecule has 2 saturated heterocycles. The Hall–Kier alpha value is -1.92. The van der Waals surface area contributed by atoms with Crippen molar-refractivity contribution in [3.63, 3.8) is 0 Å². The largest absolute Gasteiger partial charge is 0.313 e. The van der Waals surface area contributed by atoms with Crippen molar-refractivity contribution >= 4 is 38.4 Å². The first kappa shape index (κ1) is 16.0. The zero-order chi connectivity index (χ0) is 16.6. The summed E-state index contributed by atoms with van der Waals surface area (Å²) in [6.07, 6.45) is -0.372. The Kier molecular flexibility index (Phi) is 4.12. The molecule has 2 fully saturated rings. The van der Waals surface area contributed by atoms with Crippen molar-refractivity contribution in [3.05, 3.63) is 30.1 Å². The molecule has 2 heterocycles. The van der Waals surface area contributed by atoms with Gasteiger partial charge in [0.2, 0.25) is 0 Å². The number of rotatable bonds is 2. The number of anilines is 1. The molecule has 0 N–H and O–H groups in total. The van der Waals surface area contributed by atoms with E-state index in [9.17, 15) is 17.6 Å². The molecule has 2 aliphatic heterocycles. The minimum Gasteiger partial charge on any atom is -0.313 e. The number of benzene rings is 1. The molecular weight excluding hydrogens is 341 g/mol. The van der Waals surface area contributed by atoms with E-state index in [1.54, 1.807) is 12.1 Å². The Morgan fingerprint density at radius 1 is 1.43 bits per heavy atom. The quantitative estimate of drug-likeness (QED) is 0.797. The maximum absolute atomic E-state index is 14.2. The van der Waals surface area contributed by atoms with E-state index in [2.05, 4.69) is 4.99 Å². The van der Waals surface area contributed by atoms with Crippen molar-refractivity contribution in [2.75, 3.05) is 16.4 Å². The van der Waals surface area contributed by atoms with Crippen LogP contribution in [0.4, 0.5) is 10.1 Å². The lowest BCUT2D eigenvalue weighted by Crippen LogP contribution is -2.38. The van der Waals surface area contributed by atoms with E-state index in [1.165, 1.54) is 23.1 Å². The molecule has 1 aromatic rings. The summed E-state index contributed by atoms with van der Waals surface area (Å²) in [5.74, 6) is -1.28. The van der Waals surface area contributed by atoms with Gasteiger partial charge in [-0.3, -0.25) is 4.79 Å². The number of thioether (sulfide) groups is 1.